The largest absolute Gasteiger partial charge is 0.423 e. The van der Waals surface area contributed by atoms with Crippen molar-refractivity contribution in [1.29, 1.82) is 0 Å². The molecule has 0 saturated heterocycles. The summed E-state index contributed by atoms with van der Waals surface area (Å²) in [5, 5.41) is 0.279. The van der Waals surface area contributed by atoms with E-state index in [1.54, 1.807) is 54.6 Å². The van der Waals surface area contributed by atoms with Gasteiger partial charge in [-0.2, -0.15) is 0 Å². The van der Waals surface area contributed by atoms with Gasteiger partial charge in [-0.05, 0) is 92.2 Å². The van der Waals surface area contributed by atoms with Crippen LogP contribution in [0.5, 0.6) is 11.5 Å². The summed E-state index contributed by atoms with van der Waals surface area (Å²) < 4.78 is 35.0. The van der Waals surface area contributed by atoms with Gasteiger partial charge in [-0.1, -0.05) is 232 Å². The van der Waals surface area contributed by atoms with Gasteiger partial charge in [-0.15, -0.1) is 0 Å². The van der Waals surface area contributed by atoms with E-state index in [1.165, 1.54) is 108 Å². The van der Waals surface area contributed by atoms with E-state index in [1.807, 2.05) is 86.7 Å². The van der Waals surface area contributed by atoms with Gasteiger partial charge in [0.15, 0.2) is 11.1 Å². The molecule has 2 rings (SSSR count). The fraction of sp³-hybridized carbons (Fsp3) is 0.435. The third-order valence-electron chi connectivity index (χ3n) is 12.5. The maximum Gasteiger partial charge on any atom is 0.340 e. The number of ether oxygens (including phenoxy) is 2. The Morgan fingerprint density at radius 1 is 0.500 bits per heavy atom. The van der Waals surface area contributed by atoms with Crippen LogP contribution in [0, 0.1) is 0 Å². The number of nitrogens with one attached hydrogen (secondary N) is 1. The molecule has 0 spiro atoms. The number of carbonyl (C=O) groups excluding carboxylic acids is 3. The summed E-state index contributed by atoms with van der Waals surface area (Å²) in [5.74, 6) is -1.89. The average molecular weight is 1080 g/mol. The Balaban J connectivity index is 2.12. The van der Waals surface area contributed by atoms with Crippen molar-refractivity contribution < 1.29 is 52.6 Å². The van der Waals surface area contributed by atoms with Crippen LogP contribution in [0.4, 0.5) is 5.69 Å². The number of hydrogen-bond donors (Lipinski definition) is 5. The molecule has 5 N–H and O–H groups in total. The molecule has 0 aliphatic carbocycles. The predicted molar refractivity (Wildman–Crippen MR) is 313 cm³/mol. The molecule has 2 unspecified atom stereocenters. The second kappa shape index (κ2) is 40.8. The van der Waals surface area contributed by atoms with Crippen molar-refractivity contribution in [3.05, 3.63) is 175 Å². The van der Waals surface area contributed by atoms with Crippen molar-refractivity contribution in [2.75, 3.05) is 5.32 Å². The smallest absolute Gasteiger partial charge is 0.340 e. The minimum Gasteiger partial charge on any atom is -0.423 e. The quantitative estimate of drug-likeness (QED) is 0.0107. The number of carbonyl (C=O) groups is 3. The van der Waals surface area contributed by atoms with Crippen LogP contribution in [0.3, 0.4) is 0 Å². The summed E-state index contributed by atoms with van der Waals surface area (Å²) in [7, 11) is -10.5. The fourth-order valence-electron chi connectivity index (χ4n) is 8.38. The van der Waals surface area contributed by atoms with Gasteiger partial charge >= 0.3 is 27.1 Å². The van der Waals surface area contributed by atoms with Crippen molar-refractivity contribution in [2.45, 2.75) is 173 Å². The number of anilines is 1. The minimum absolute atomic E-state index is 0.0120. The third-order valence-corrected chi connectivity index (χ3v) is 16.3. The highest BCUT2D eigenvalue weighted by atomic mass is 31.2. The second-order valence-electron chi connectivity index (χ2n) is 18.6. The SMILES string of the molecule is CCCCCCCCC/C=C/C=C/C=C/C=C/C=C/C(=O)Oc1ccc(C(CC)C(CC)c2ccc(OC(=O)/C=C/C=C/C=C/C=C/C=C/CCCCCCCCC)c(NC(=O)CCC(P(=O)(O)O)P(=O)(O)O)c2)cc1. The van der Waals surface area contributed by atoms with Gasteiger partial charge in [-0.3, -0.25) is 13.9 Å². The Morgan fingerprint density at radius 3 is 1.34 bits per heavy atom. The van der Waals surface area contributed by atoms with Crippen LogP contribution in [0.25, 0.3) is 0 Å². The maximum absolute atomic E-state index is 13.3. The molecule has 2 aromatic carbocycles. The lowest BCUT2D eigenvalue weighted by Crippen LogP contribution is -2.18. The Bertz CT molecular complexity index is 2370. The van der Waals surface area contributed by atoms with E-state index in [0.717, 1.165) is 24.0 Å². The zero-order chi connectivity index (χ0) is 55.7. The molecule has 0 aliphatic heterocycles. The van der Waals surface area contributed by atoms with Crippen molar-refractivity contribution in [1.82, 2.24) is 0 Å². The molecule has 76 heavy (non-hydrogen) atoms. The number of hydrogen-bond acceptors (Lipinski definition) is 7. The van der Waals surface area contributed by atoms with E-state index in [0.29, 0.717) is 18.6 Å². The van der Waals surface area contributed by atoms with Gasteiger partial charge in [0.1, 0.15) is 5.75 Å². The monoisotopic (exact) mass is 1080 g/mol. The number of allylic oxidation sites excluding steroid dienone is 18. The first-order chi connectivity index (χ1) is 36.6. The summed E-state index contributed by atoms with van der Waals surface area (Å²) in [6.07, 6.45) is 56.6. The van der Waals surface area contributed by atoms with Crippen LogP contribution in [0.2, 0.25) is 0 Å². The summed E-state index contributed by atoms with van der Waals surface area (Å²) >= 11 is 0. The molecule has 0 bridgehead atoms. The van der Waals surface area contributed by atoms with Crippen LogP contribution in [-0.4, -0.2) is 42.8 Å². The number of benzene rings is 2. The lowest BCUT2D eigenvalue weighted by molar-refractivity contribution is -0.129. The first-order valence-electron chi connectivity index (χ1n) is 27.4. The van der Waals surface area contributed by atoms with E-state index in [4.69, 9.17) is 9.47 Å². The molecular weight excluding hydrogens is 997 g/mol. The highest BCUT2D eigenvalue weighted by Crippen LogP contribution is 2.61. The normalized spacial score (nSPS) is 13.8. The Labute approximate surface area is 454 Å². The number of esters is 2. The lowest BCUT2D eigenvalue weighted by Gasteiger charge is -2.27. The molecule has 12 nitrogen and oxygen atoms in total. The van der Waals surface area contributed by atoms with Crippen molar-refractivity contribution in [3.63, 3.8) is 0 Å². The standard InChI is InChI=1S/C62H87NO11P2/c1-5-9-11-13-15-17-19-21-23-25-27-29-31-33-35-37-39-41-60(65)73-54-46-43-52(44-47-54)55(7-3)56(8-4)53-45-48-58(57(51-53)63-59(64)49-50-62(75(67,68)69)76(70,71)72)74-61(66)42-40-38-36-34-32-30-28-26-24-22-20-18-16-14-12-10-6-2/h23-48,51,55-56,62H,5-22,49-50H2,1-4H3,(H,63,64)(H2,67,68,69)(H2,70,71,72)/b25-23+,26-24+,29-27+,30-28+,33-31+,34-32+,37-35+,38-36+,41-39+,42-40+. The van der Waals surface area contributed by atoms with E-state index < -0.39 is 51.3 Å². The molecule has 1 amide bonds. The van der Waals surface area contributed by atoms with E-state index in [-0.39, 0.29) is 23.3 Å². The summed E-state index contributed by atoms with van der Waals surface area (Å²) in [5.41, 5.74) is 1.83. The molecule has 0 fully saturated rings. The first-order valence-corrected chi connectivity index (χ1v) is 30.7. The zero-order valence-corrected chi connectivity index (χ0v) is 47.3. The van der Waals surface area contributed by atoms with Crippen LogP contribution in [0.15, 0.2) is 164 Å². The summed E-state index contributed by atoms with van der Waals surface area (Å²) in [4.78, 5) is 77.3. The van der Waals surface area contributed by atoms with Gasteiger partial charge in [0, 0.05) is 18.6 Å². The fourth-order valence-corrected chi connectivity index (χ4v) is 10.9. The van der Waals surface area contributed by atoms with Gasteiger partial charge in [0.2, 0.25) is 5.91 Å². The van der Waals surface area contributed by atoms with Crippen molar-refractivity contribution in [3.8, 4) is 11.5 Å². The third kappa shape index (κ3) is 30.9. The second-order valence-corrected chi connectivity index (χ2v) is 22.7. The number of rotatable bonds is 39. The Kier molecular flexibility index (Phi) is 35.7. The molecule has 0 saturated carbocycles. The van der Waals surface area contributed by atoms with Crippen molar-refractivity contribution >= 4 is 38.7 Å². The first kappa shape index (κ1) is 66.7. The van der Waals surface area contributed by atoms with Crippen LogP contribution < -0.4 is 14.8 Å². The van der Waals surface area contributed by atoms with E-state index >= 15 is 0 Å². The minimum atomic E-state index is -5.26. The molecule has 2 atom stereocenters. The summed E-state index contributed by atoms with van der Waals surface area (Å²) in [6.45, 7) is 8.53. The van der Waals surface area contributed by atoms with Crippen molar-refractivity contribution in [2.24, 2.45) is 0 Å². The molecule has 2 aromatic rings. The molecule has 416 valence electrons. The van der Waals surface area contributed by atoms with Crippen LogP contribution in [-0.2, 0) is 23.5 Å². The number of amides is 1. The van der Waals surface area contributed by atoms with Crippen LogP contribution in [0.1, 0.15) is 179 Å². The molecule has 0 aromatic heterocycles. The van der Waals surface area contributed by atoms with Gasteiger partial charge in [0.25, 0.3) is 0 Å². The highest BCUT2D eigenvalue weighted by molar-refractivity contribution is 7.70. The molecule has 0 radical (unpaired) electrons. The topological polar surface area (TPSA) is 197 Å². The Hall–Kier alpha value is -5.45. The van der Waals surface area contributed by atoms with Gasteiger partial charge in [0.05, 0.1) is 5.69 Å². The highest BCUT2D eigenvalue weighted by Gasteiger charge is 2.43. The zero-order valence-electron chi connectivity index (χ0n) is 45.5. The van der Waals surface area contributed by atoms with E-state index in [2.05, 4.69) is 37.4 Å². The maximum atomic E-state index is 13.3. The molecule has 0 heterocycles. The van der Waals surface area contributed by atoms with E-state index in [9.17, 15) is 43.1 Å². The molecular formula is C62H87NO11P2. The molecule has 14 heteroatoms. The van der Waals surface area contributed by atoms with Gasteiger partial charge < -0.3 is 34.4 Å². The molecule has 0 aliphatic rings. The predicted octanol–water partition coefficient (Wildman–Crippen LogP) is 16.4. The average Bonchev–Trinajstić information content (AvgIpc) is 3.37. The van der Waals surface area contributed by atoms with Crippen LogP contribution >= 0.6 is 15.2 Å². The van der Waals surface area contributed by atoms with Gasteiger partial charge in [-0.25, -0.2) is 9.59 Å². The number of unbranched alkanes of at least 4 members (excludes halogenated alkanes) is 14. The Morgan fingerprint density at radius 2 is 0.895 bits per heavy atom. The lowest BCUT2D eigenvalue weighted by atomic mass is 9.78. The summed E-state index contributed by atoms with van der Waals surface area (Å²) in [6, 6.07) is 12.3.